The zero-order chi connectivity index (χ0) is 14.5. The van der Waals surface area contributed by atoms with E-state index in [-0.39, 0.29) is 4.47 Å². The van der Waals surface area contributed by atoms with E-state index < -0.39 is 5.82 Å². The summed E-state index contributed by atoms with van der Waals surface area (Å²) in [5.41, 5.74) is 1.73. The Morgan fingerprint density at radius 2 is 2.15 bits per heavy atom. The Morgan fingerprint density at radius 1 is 1.35 bits per heavy atom. The summed E-state index contributed by atoms with van der Waals surface area (Å²) in [6.07, 6.45) is 2.47. The number of pyridine rings is 1. The van der Waals surface area contributed by atoms with E-state index in [4.69, 9.17) is 5.26 Å². The van der Waals surface area contributed by atoms with Crippen LogP contribution < -0.4 is 4.90 Å². The smallest absolute Gasteiger partial charge is 0.161 e. The van der Waals surface area contributed by atoms with E-state index >= 15 is 0 Å². The molecule has 20 heavy (non-hydrogen) atoms. The molecule has 0 radical (unpaired) electrons. The Morgan fingerprint density at radius 3 is 2.80 bits per heavy atom. The summed E-state index contributed by atoms with van der Waals surface area (Å²) < 4.78 is 14.4. The van der Waals surface area contributed by atoms with Gasteiger partial charge in [-0.2, -0.15) is 5.26 Å². The summed E-state index contributed by atoms with van der Waals surface area (Å²) in [6.45, 7) is 0.645. The standard InChI is InChI=1S/C15H13BrFN3/c1-20(9-7-12-4-2-3-8-19-12)13-6-5-11(10-18)14(16)15(13)17/h2-6,8H,7,9H2,1H3. The zero-order valence-electron chi connectivity index (χ0n) is 11.0. The maximum Gasteiger partial charge on any atom is 0.161 e. The van der Waals surface area contributed by atoms with E-state index in [0.717, 1.165) is 12.1 Å². The van der Waals surface area contributed by atoms with Crippen LogP contribution in [0.5, 0.6) is 0 Å². The Hall–Kier alpha value is -1.93. The molecule has 0 fully saturated rings. The highest BCUT2D eigenvalue weighted by Gasteiger charge is 2.14. The molecule has 0 amide bonds. The van der Waals surface area contributed by atoms with Crippen LogP contribution in [0.1, 0.15) is 11.3 Å². The van der Waals surface area contributed by atoms with Crippen molar-refractivity contribution in [3.05, 3.63) is 58.1 Å². The highest BCUT2D eigenvalue weighted by atomic mass is 79.9. The van der Waals surface area contributed by atoms with Crippen LogP contribution in [0.2, 0.25) is 0 Å². The first-order valence-corrected chi connectivity index (χ1v) is 6.92. The number of nitrogens with zero attached hydrogens (tertiary/aromatic N) is 3. The number of aromatic nitrogens is 1. The molecule has 2 aromatic rings. The van der Waals surface area contributed by atoms with Crippen LogP contribution in [0.15, 0.2) is 41.0 Å². The van der Waals surface area contributed by atoms with Gasteiger partial charge in [-0.25, -0.2) is 4.39 Å². The third-order valence-corrected chi connectivity index (χ3v) is 3.80. The topological polar surface area (TPSA) is 39.9 Å². The van der Waals surface area contributed by atoms with Crippen molar-refractivity contribution in [1.29, 1.82) is 5.26 Å². The van der Waals surface area contributed by atoms with Crippen LogP contribution in [0, 0.1) is 17.1 Å². The van der Waals surface area contributed by atoms with Gasteiger partial charge in [0.1, 0.15) is 6.07 Å². The Labute approximate surface area is 125 Å². The third-order valence-electron chi connectivity index (χ3n) is 3.02. The monoisotopic (exact) mass is 333 g/mol. The van der Waals surface area contributed by atoms with Crippen molar-refractivity contribution in [3.8, 4) is 6.07 Å². The van der Waals surface area contributed by atoms with Crippen LogP contribution in [-0.4, -0.2) is 18.6 Å². The summed E-state index contributed by atoms with van der Waals surface area (Å²) >= 11 is 3.12. The minimum Gasteiger partial charge on any atom is -0.372 e. The first-order chi connectivity index (χ1) is 9.63. The van der Waals surface area contributed by atoms with Crippen molar-refractivity contribution in [1.82, 2.24) is 4.98 Å². The van der Waals surface area contributed by atoms with Gasteiger partial charge in [-0.15, -0.1) is 0 Å². The van der Waals surface area contributed by atoms with Gasteiger partial charge in [0, 0.05) is 31.9 Å². The second kappa shape index (κ2) is 6.49. The maximum absolute atomic E-state index is 14.2. The summed E-state index contributed by atoms with van der Waals surface area (Å²) in [6, 6.07) is 10.9. The Kier molecular flexibility index (Phi) is 4.70. The molecule has 1 heterocycles. The molecule has 3 nitrogen and oxygen atoms in total. The van der Waals surface area contributed by atoms with Gasteiger partial charge in [-0.3, -0.25) is 4.98 Å². The number of likely N-dealkylation sites (N-methyl/N-ethyl adjacent to an activating group) is 1. The van der Waals surface area contributed by atoms with Gasteiger partial charge in [-0.1, -0.05) is 6.07 Å². The molecule has 102 valence electrons. The summed E-state index contributed by atoms with van der Waals surface area (Å²) in [5, 5.41) is 8.86. The van der Waals surface area contributed by atoms with E-state index in [0.29, 0.717) is 17.8 Å². The van der Waals surface area contributed by atoms with Gasteiger partial charge in [0.15, 0.2) is 5.82 Å². The first-order valence-electron chi connectivity index (χ1n) is 6.12. The molecule has 0 N–H and O–H groups in total. The fraction of sp³-hybridized carbons (Fsp3) is 0.200. The van der Waals surface area contributed by atoms with Crippen LogP contribution in [0.3, 0.4) is 0 Å². The van der Waals surface area contributed by atoms with Crippen molar-refractivity contribution >= 4 is 21.6 Å². The van der Waals surface area contributed by atoms with Gasteiger partial charge >= 0.3 is 0 Å². The number of halogens is 2. The minimum absolute atomic E-state index is 0.210. The molecule has 0 aliphatic rings. The molecule has 0 aliphatic heterocycles. The predicted octanol–water partition coefficient (Wildman–Crippen LogP) is 3.53. The highest BCUT2D eigenvalue weighted by Crippen LogP contribution is 2.28. The number of anilines is 1. The van der Waals surface area contributed by atoms with Crippen molar-refractivity contribution in [2.24, 2.45) is 0 Å². The number of hydrogen-bond acceptors (Lipinski definition) is 3. The van der Waals surface area contributed by atoms with Gasteiger partial charge in [0.25, 0.3) is 0 Å². The zero-order valence-corrected chi connectivity index (χ0v) is 12.6. The molecule has 2 rings (SSSR count). The van der Waals surface area contributed by atoms with Crippen LogP contribution >= 0.6 is 15.9 Å². The molecule has 0 unspecified atom stereocenters. The summed E-state index contributed by atoms with van der Waals surface area (Å²) in [4.78, 5) is 6.05. The lowest BCUT2D eigenvalue weighted by molar-refractivity contribution is 0.615. The average molecular weight is 334 g/mol. The molecular formula is C15H13BrFN3. The second-order valence-corrected chi connectivity index (χ2v) is 5.16. The molecule has 1 aromatic carbocycles. The van der Waals surface area contributed by atoms with E-state index in [9.17, 15) is 4.39 Å². The molecule has 0 aliphatic carbocycles. The molecule has 0 spiro atoms. The lowest BCUT2D eigenvalue weighted by Crippen LogP contribution is -2.22. The Bertz CT molecular complexity index is 638. The fourth-order valence-electron chi connectivity index (χ4n) is 1.87. The maximum atomic E-state index is 14.2. The SMILES string of the molecule is CN(CCc1ccccn1)c1ccc(C#N)c(Br)c1F. The normalized spacial score (nSPS) is 10.1. The van der Waals surface area contributed by atoms with Gasteiger partial charge in [0.05, 0.1) is 15.7 Å². The number of hydrogen-bond donors (Lipinski definition) is 0. The predicted molar refractivity (Wildman–Crippen MR) is 80.0 cm³/mol. The van der Waals surface area contributed by atoms with E-state index in [2.05, 4.69) is 20.9 Å². The largest absolute Gasteiger partial charge is 0.372 e. The fourth-order valence-corrected chi connectivity index (χ4v) is 2.29. The van der Waals surface area contributed by atoms with Gasteiger partial charge in [0.2, 0.25) is 0 Å². The number of nitriles is 1. The van der Waals surface area contributed by atoms with Crippen LogP contribution in [-0.2, 0) is 6.42 Å². The molecule has 0 bridgehead atoms. The molecule has 1 aromatic heterocycles. The Balaban J connectivity index is 2.12. The van der Waals surface area contributed by atoms with E-state index in [1.54, 1.807) is 18.3 Å². The van der Waals surface area contributed by atoms with E-state index in [1.165, 1.54) is 0 Å². The van der Waals surface area contributed by atoms with Crippen molar-refractivity contribution in [3.63, 3.8) is 0 Å². The third kappa shape index (κ3) is 3.14. The second-order valence-electron chi connectivity index (χ2n) is 4.36. The van der Waals surface area contributed by atoms with Crippen molar-refractivity contribution < 1.29 is 4.39 Å². The molecular weight excluding hydrogens is 321 g/mol. The number of rotatable bonds is 4. The van der Waals surface area contributed by atoms with Crippen molar-refractivity contribution in [2.45, 2.75) is 6.42 Å². The first kappa shape index (κ1) is 14.5. The van der Waals surface area contributed by atoms with Crippen LogP contribution in [0.25, 0.3) is 0 Å². The molecule has 5 heteroatoms. The van der Waals surface area contributed by atoms with Gasteiger partial charge < -0.3 is 4.90 Å². The minimum atomic E-state index is -0.410. The molecule has 0 atom stereocenters. The average Bonchev–Trinajstić information content (AvgIpc) is 2.48. The summed E-state index contributed by atoms with van der Waals surface area (Å²) in [5.74, 6) is -0.410. The van der Waals surface area contributed by atoms with Crippen molar-refractivity contribution in [2.75, 3.05) is 18.5 Å². The van der Waals surface area contributed by atoms with Gasteiger partial charge in [-0.05, 0) is 40.2 Å². The lowest BCUT2D eigenvalue weighted by Gasteiger charge is -2.20. The quantitative estimate of drug-likeness (QED) is 0.859. The summed E-state index contributed by atoms with van der Waals surface area (Å²) in [7, 11) is 1.82. The lowest BCUT2D eigenvalue weighted by atomic mass is 10.2. The molecule has 0 saturated carbocycles. The van der Waals surface area contributed by atoms with Crippen LogP contribution in [0.4, 0.5) is 10.1 Å². The highest BCUT2D eigenvalue weighted by molar-refractivity contribution is 9.10. The number of benzene rings is 1. The van der Waals surface area contributed by atoms with E-state index in [1.807, 2.05) is 36.2 Å². The molecule has 0 saturated heterocycles.